The number of amides is 2. The van der Waals surface area contributed by atoms with Crippen molar-refractivity contribution in [2.45, 2.75) is 12.6 Å². The minimum absolute atomic E-state index is 0.269. The third-order valence-corrected chi connectivity index (χ3v) is 4.64. The Balaban J connectivity index is 1.64. The minimum atomic E-state index is -0.614. The highest BCUT2D eigenvalue weighted by Gasteiger charge is 2.34. The minimum Gasteiger partial charge on any atom is -0.348 e. The Kier molecular flexibility index (Phi) is 4.27. The highest BCUT2D eigenvalue weighted by atomic mass is 16.2. The Labute approximate surface area is 151 Å². The van der Waals surface area contributed by atoms with E-state index in [-0.39, 0.29) is 6.04 Å². The van der Waals surface area contributed by atoms with Crippen LogP contribution in [0.4, 0.5) is 5.69 Å². The van der Waals surface area contributed by atoms with Crippen molar-refractivity contribution in [1.82, 2.24) is 9.47 Å². The van der Waals surface area contributed by atoms with Crippen molar-refractivity contribution < 1.29 is 9.59 Å². The van der Waals surface area contributed by atoms with E-state index in [4.69, 9.17) is 0 Å². The van der Waals surface area contributed by atoms with E-state index in [1.165, 1.54) is 0 Å². The number of rotatable bonds is 2. The summed E-state index contributed by atoms with van der Waals surface area (Å²) in [6.07, 6.45) is 2.01. The molecule has 1 aliphatic heterocycles. The third kappa shape index (κ3) is 2.99. The summed E-state index contributed by atoms with van der Waals surface area (Å²) in [7, 11) is 0. The molecule has 5 heteroatoms. The largest absolute Gasteiger partial charge is 0.348 e. The fourth-order valence-corrected chi connectivity index (χ4v) is 3.42. The fourth-order valence-electron chi connectivity index (χ4n) is 3.42. The summed E-state index contributed by atoms with van der Waals surface area (Å²) in [6.45, 7) is 1.16. The van der Waals surface area contributed by atoms with Gasteiger partial charge in [-0.25, -0.2) is 0 Å². The van der Waals surface area contributed by atoms with Crippen LogP contribution in [-0.4, -0.2) is 27.8 Å². The third-order valence-electron chi connectivity index (χ3n) is 4.64. The van der Waals surface area contributed by atoms with Gasteiger partial charge in [-0.2, -0.15) is 0 Å². The average molecular weight is 345 g/mol. The quantitative estimate of drug-likeness (QED) is 0.726. The van der Waals surface area contributed by atoms with E-state index in [1.807, 2.05) is 66.9 Å². The lowest BCUT2D eigenvalue weighted by atomic mass is 10.00. The van der Waals surface area contributed by atoms with Gasteiger partial charge in [0.05, 0.1) is 6.04 Å². The van der Waals surface area contributed by atoms with Gasteiger partial charge >= 0.3 is 11.8 Å². The van der Waals surface area contributed by atoms with Crippen LogP contribution in [0.3, 0.4) is 0 Å². The van der Waals surface area contributed by atoms with E-state index >= 15 is 0 Å². The van der Waals surface area contributed by atoms with Gasteiger partial charge in [-0.05, 0) is 29.8 Å². The lowest BCUT2D eigenvalue weighted by Gasteiger charge is -2.36. The van der Waals surface area contributed by atoms with E-state index < -0.39 is 11.8 Å². The highest BCUT2D eigenvalue weighted by molar-refractivity contribution is 6.39. The van der Waals surface area contributed by atoms with E-state index in [9.17, 15) is 9.59 Å². The zero-order chi connectivity index (χ0) is 17.9. The predicted molar refractivity (Wildman–Crippen MR) is 99.5 cm³/mol. The van der Waals surface area contributed by atoms with Crippen LogP contribution in [-0.2, 0) is 16.1 Å². The number of fused-ring (bicyclic) bond motifs is 1. The summed E-state index contributed by atoms with van der Waals surface area (Å²) in [5.74, 6) is -1.13. The molecule has 2 aromatic carbocycles. The molecule has 1 aliphatic rings. The Hall–Kier alpha value is -3.34. The van der Waals surface area contributed by atoms with Crippen LogP contribution >= 0.6 is 0 Å². The summed E-state index contributed by atoms with van der Waals surface area (Å²) in [5.41, 5.74) is 2.62. The molecule has 0 bridgehead atoms. The Morgan fingerprint density at radius 3 is 2.27 bits per heavy atom. The topological polar surface area (TPSA) is 54.3 Å². The van der Waals surface area contributed by atoms with E-state index in [0.29, 0.717) is 18.8 Å². The molecule has 0 fully saturated rings. The standard InChI is InChI=1S/C21H19N3O2/c25-20(22-17-10-5-2-6-11-17)21(26)24-15-14-23-13-7-12-18(23)19(24)16-8-3-1-4-9-16/h1-13,19H,14-15H2,(H,22,25). The van der Waals surface area contributed by atoms with Crippen molar-refractivity contribution in [2.75, 3.05) is 11.9 Å². The number of nitrogens with one attached hydrogen (secondary N) is 1. The van der Waals surface area contributed by atoms with Gasteiger partial charge < -0.3 is 14.8 Å². The summed E-state index contributed by atoms with van der Waals surface area (Å²) in [5, 5.41) is 2.69. The van der Waals surface area contributed by atoms with E-state index in [0.717, 1.165) is 11.3 Å². The lowest BCUT2D eigenvalue weighted by Crippen LogP contribution is -2.47. The predicted octanol–water partition coefficient (Wildman–Crippen LogP) is 3.06. The van der Waals surface area contributed by atoms with Gasteiger partial charge in [0.25, 0.3) is 0 Å². The molecule has 0 aliphatic carbocycles. The molecular weight excluding hydrogens is 326 g/mol. The lowest BCUT2D eigenvalue weighted by molar-refractivity contribution is -0.145. The SMILES string of the molecule is O=C(Nc1ccccc1)C(=O)N1CCn2cccc2C1c1ccccc1. The Morgan fingerprint density at radius 2 is 1.54 bits per heavy atom. The maximum atomic E-state index is 12.9. The normalized spacial score (nSPS) is 16.0. The van der Waals surface area contributed by atoms with Crippen molar-refractivity contribution >= 4 is 17.5 Å². The molecule has 0 spiro atoms. The molecule has 130 valence electrons. The fraction of sp³-hybridized carbons (Fsp3) is 0.143. The first-order valence-corrected chi connectivity index (χ1v) is 8.61. The zero-order valence-electron chi connectivity index (χ0n) is 14.2. The smallest absolute Gasteiger partial charge is 0.313 e. The maximum Gasteiger partial charge on any atom is 0.313 e. The number of anilines is 1. The van der Waals surface area contributed by atoms with E-state index in [1.54, 1.807) is 17.0 Å². The van der Waals surface area contributed by atoms with Crippen LogP contribution in [0.5, 0.6) is 0 Å². The van der Waals surface area contributed by atoms with Crippen molar-refractivity contribution in [2.24, 2.45) is 0 Å². The molecule has 3 aromatic rings. The zero-order valence-corrected chi connectivity index (χ0v) is 14.2. The molecule has 1 unspecified atom stereocenters. The van der Waals surface area contributed by atoms with Crippen LogP contribution < -0.4 is 5.32 Å². The molecule has 1 N–H and O–H groups in total. The van der Waals surface area contributed by atoms with Crippen molar-refractivity contribution in [3.8, 4) is 0 Å². The molecule has 2 heterocycles. The van der Waals surface area contributed by atoms with Crippen molar-refractivity contribution in [3.63, 3.8) is 0 Å². The van der Waals surface area contributed by atoms with Crippen LogP contribution in [0.15, 0.2) is 79.0 Å². The molecule has 1 atom stereocenters. The molecule has 2 amide bonds. The van der Waals surface area contributed by atoms with Gasteiger partial charge in [0.15, 0.2) is 0 Å². The van der Waals surface area contributed by atoms with Gasteiger partial charge in [-0.15, -0.1) is 0 Å². The first-order valence-electron chi connectivity index (χ1n) is 8.61. The average Bonchev–Trinajstić information content (AvgIpc) is 3.17. The number of hydrogen-bond acceptors (Lipinski definition) is 2. The van der Waals surface area contributed by atoms with Gasteiger partial charge in [0.1, 0.15) is 0 Å². The number of carbonyl (C=O) groups is 2. The van der Waals surface area contributed by atoms with Gasteiger partial charge in [-0.1, -0.05) is 48.5 Å². The number of para-hydroxylation sites is 1. The maximum absolute atomic E-state index is 12.9. The summed E-state index contributed by atoms with van der Waals surface area (Å²) in [6, 6.07) is 22.6. The first kappa shape index (κ1) is 16.1. The van der Waals surface area contributed by atoms with E-state index in [2.05, 4.69) is 9.88 Å². The number of carbonyl (C=O) groups excluding carboxylic acids is 2. The monoisotopic (exact) mass is 345 g/mol. The highest BCUT2D eigenvalue weighted by Crippen LogP contribution is 2.32. The second-order valence-corrected chi connectivity index (χ2v) is 6.26. The van der Waals surface area contributed by atoms with Crippen LogP contribution in [0.25, 0.3) is 0 Å². The second-order valence-electron chi connectivity index (χ2n) is 6.26. The van der Waals surface area contributed by atoms with Gasteiger partial charge in [0, 0.05) is 30.7 Å². The Bertz CT molecular complexity index is 919. The molecule has 5 nitrogen and oxygen atoms in total. The summed E-state index contributed by atoms with van der Waals surface area (Å²) < 4.78 is 2.14. The molecule has 0 saturated carbocycles. The number of benzene rings is 2. The second kappa shape index (κ2) is 6.88. The molecular formula is C21H19N3O2. The molecule has 26 heavy (non-hydrogen) atoms. The number of aromatic nitrogens is 1. The van der Waals surface area contributed by atoms with Crippen LogP contribution in [0.2, 0.25) is 0 Å². The van der Waals surface area contributed by atoms with Crippen LogP contribution in [0.1, 0.15) is 17.3 Å². The first-order chi connectivity index (χ1) is 12.7. The molecule has 1 aromatic heterocycles. The van der Waals surface area contributed by atoms with Gasteiger partial charge in [-0.3, -0.25) is 9.59 Å². The van der Waals surface area contributed by atoms with Crippen molar-refractivity contribution in [3.05, 3.63) is 90.3 Å². The molecule has 0 radical (unpaired) electrons. The number of nitrogens with zero attached hydrogens (tertiary/aromatic N) is 2. The van der Waals surface area contributed by atoms with Gasteiger partial charge in [0.2, 0.25) is 0 Å². The van der Waals surface area contributed by atoms with Crippen LogP contribution in [0, 0.1) is 0 Å². The number of hydrogen-bond donors (Lipinski definition) is 1. The van der Waals surface area contributed by atoms with Crippen molar-refractivity contribution in [1.29, 1.82) is 0 Å². The summed E-state index contributed by atoms with van der Waals surface area (Å²) >= 11 is 0. The Morgan fingerprint density at radius 1 is 0.846 bits per heavy atom. The molecule has 4 rings (SSSR count). The summed E-state index contributed by atoms with van der Waals surface area (Å²) in [4.78, 5) is 27.1. The molecule has 0 saturated heterocycles.